The van der Waals surface area contributed by atoms with E-state index in [1.807, 2.05) is 21.1 Å². The number of carbonyl (C=O) groups excluding carboxylic acids is 2. The summed E-state index contributed by atoms with van der Waals surface area (Å²) in [6, 6.07) is 0. The first kappa shape index (κ1) is 79.9. The average Bonchev–Trinajstić information content (AvgIpc) is 3.49. The molecular weight excluding hydrogens is 1050 g/mol. The van der Waals surface area contributed by atoms with Gasteiger partial charge in [-0.25, -0.2) is 4.79 Å². The van der Waals surface area contributed by atoms with E-state index in [4.69, 9.17) is 18.9 Å². The van der Waals surface area contributed by atoms with E-state index in [2.05, 4.69) is 172 Å². The maximum absolute atomic E-state index is 12.9. The summed E-state index contributed by atoms with van der Waals surface area (Å²) in [5, 5.41) is 9.73. The van der Waals surface area contributed by atoms with Crippen molar-refractivity contribution in [1.29, 1.82) is 0 Å². The van der Waals surface area contributed by atoms with Crippen LogP contribution in [0.2, 0.25) is 0 Å². The number of hydrogen-bond donors (Lipinski definition) is 1. The van der Waals surface area contributed by atoms with Gasteiger partial charge in [0.1, 0.15) is 13.2 Å². The third kappa shape index (κ3) is 66.3. The van der Waals surface area contributed by atoms with Crippen molar-refractivity contribution in [1.82, 2.24) is 0 Å². The number of carboxylic acids is 1. The third-order valence-electron chi connectivity index (χ3n) is 13.8. The fourth-order valence-electron chi connectivity index (χ4n) is 8.64. The summed E-state index contributed by atoms with van der Waals surface area (Å²) in [7, 11) is 5.96. The Labute approximate surface area is 521 Å². The standard InChI is InChI=1S/C76H123NO8/c1-6-8-10-12-14-16-18-20-22-24-26-27-28-29-30-31-32-33-34-35-36-37-38-39-40-41-42-43-44-45-46-47-49-51-53-55-57-59-61-63-65-67-74(79)85-72(71-84-76(75(80)81)82-69-68-77(3,4)5)70-83-73(78)66-64-62-60-58-56-54-52-50-48-25-23-21-19-17-15-13-11-9-7-2/h8,10,14-17,20-23,26-27,29-30,32-33,35-36,38-39,41-42,44-45,48,50,72,76H,6-7,9,11-13,18-19,24-25,28,31,34,37,40,43,46-47,49,51-71H2,1-5H3/p+1/b10-8-,16-14-,17-15-,22-20-,23-21-,27-26-,30-29-,33-32-,36-35-,39-38-,42-41-,45-44-,50-48-. The highest BCUT2D eigenvalue weighted by atomic mass is 16.7. The minimum absolute atomic E-state index is 0.177. The van der Waals surface area contributed by atoms with Gasteiger partial charge in [0.2, 0.25) is 0 Å². The molecule has 480 valence electrons. The Kier molecular flexibility index (Phi) is 61.0. The molecule has 1 N–H and O–H groups in total. The lowest BCUT2D eigenvalue weighted by atomic mass is 10.0. The summed E-state index contributed by atoms with van der Waals surface area (Å²) in [5.74, 6) is -2.04. The Morgan fingerprint density at radius 1 is 0.365 bits per heavy atom. The van der Waals surface area contributed by atoms with Crippen LogP contribution in [0.15, 0.2) is 158 Å². The van der Waals surface area contributed by atoms with Crippen LogP contribution in [0.25, 0.3) is 0 Å². The van der Waals surface area contributed by atoms with Gasteiger partial charge >= 0.3 is 17.9 Å². The molecule has 0 amide bonds. The number of unbranched alkanes of at least 4 members (excludes halogenated alkanes) is 19. The van der Waals surface area contributed by atoms with Gasteiger partial charge in [-0.05, 0) is 128 Å². The lowest BCUT2D eigenvalue weighted by Gasteiger charge is -2.25. The van der Waals surface area contributed by atoms with Crippen molar-refractivity contribution in [2.45, 2.75) is 257 Å². The molecule has 85 heavy (non-hydrogen) atoms. The number of carboxylic acid groups (broad SMARTS) is 1. The van der Waals surface area contributed by atoms with Gasteiger partial charge < -0.3 is 28.5 Å². The van der Waals surface area contributed by atoms with Gasteiger partial charge in [-0.15, -0.1) is 0 Å². The highest BCUT2D eigenvalue weighted by Gasteiger charge is 2.25. The number of likely N-dealkylation sites (N-methyl/N-ethyl adjacent to an activating group) is 1. The molecule has 0 aliphatic heterocycles. The van der Waals surface area contributed by atoms with Crippen LogP contribution in [0.3, 0.4) is 0 Å². The Bertz CT molecular complexity index is 1950. The van der Waals surface area contributed by atoms with E-state index >= 15 is 0 Å². The van der Waals surface area contributed by atoms with Crippen molar-refractivity contribution in [3.05, 3.63) is 158 Å². The van der Waals surface area contributed by atoms with E-state index in [9.17, 15) is 19.5 Å². The van der Waals surface area contributed by atoms with E-state index < -0.39 is 24.3 Å². The summed E-state index contributed by atoms with van der Waals surface area (Å²) in [4.78, 5) is 37.5. The molecule has 0 aliphatic rings. The SMILES string of the molecule is CC/C=C\C/C=C\C/C=C\C/C=C\C/C=C\C/C=C\C/C=C\C/C=C\C/C=C\C/C=C\CCCCCCCCCCCCC(=O)OC(COC(=O)CCCCCCCC/C=C\C/C=C\C/C=C\CCCCC)COC(OCC[N+](C)(C)C)C(=O)O. The molecule has 0 spiro atoms. The quantitative estimate of drug-likeness (QED) is 0.0211. The van der Waals surface area contributed by atoms with Crippen LogP contribution in [-0.4, -0.2) is 87.4 Å². The maximum Gasteiger partial charge on any atom is 0.361 e. The smallest absolute Gasteiger partial charge is 0.361 e. The minimum Gasteiger partial charge on any atom is -0.477 e. The van der Waals surface area contributed by atoms with Crippen LogP contribution < -0.4 is 0 Å². The van der Waals surface area contributed by atoms with E-state index in [0.717, 1.165) is 135 Å². The van der Waals surface area contributed by atoms with Crippen molar-refractivity contribution in [3.8, 4) is 0 Å². The second kappa shape index (κ2) is 64.9. The Morgan fingerprint density at radius 3 is 1.00 bits per heavy atom. The number of quaternary nitrogens is 1. The predicted octanol–water partition coefficient (Wildman–Crippen LogP) is 20.9. The molecule has 9 heteroatoms. The number of carbonyl (C=O) groups is 3. The van der Waals surface area contributed by atoms with Gasteiger partial charge in [0.25, 0.3) is 6.29 Å². The molecule has 0 saturated carbocycles. The maximum atomic E-state index is 12.9. The van der Waals surface area contributed by atoms with E-state index in [1.54, 1.807) is 0 Å². The fraction of sp³-hybridized carbons (Fsp3) is 0.618. The van der Waals surface area contributed by atoms with Crippen molar-refractivity contribution >= 4 is 17.9 Å². The number of allylic oxidation sites excluding steroid dienone is 26. The molecular formula is C76H124NO8+. The fourth-order valence-corrected chi connectivity index (χ4v) is 8.64. The molecule has 0 aliphatic carbocycles. The number of rotatable bonds is 60. The van der Waals surface area contributed by atoms with Gasteiger partial charge in [0.05, 0.1) is 34.4 Å². The van der Waals surface area contributed by atoms with Crippen LogP contribution >= 0.6 is 0 Å². The predicted molar refractivity (Wildman–Crippen MR) is 363 cm³/mol. The first-order chi connectivity index (χ1) is 41.6. The van der Waals surface area contributed by atoms with E-state index in [1.165, 1.54) is 77.0 Å². The average molecular weight is 1180 g/mol. The summed E-state index contributed by atoms with van der Waals surface area (Å²) >= 11 is 0. The largest absolute Gasteiger partial charge is 0.477 e. The Morgan fingerprint density at radius 2 is 0.671 bits per heavy atom. The lowest BCUT2D eigenvalue weighted by molar-refractivity contribution is -0.870. The highest BCUT2D eigenvalue weighted by molar-refractivity contribution is 5.71. The van der Waals surface area contributed by atoms with Crippen molar-refractivity contribution in [3.63, 3.8) is 0 Å². The molecule has 2 atom stereocenters. The summed E-state index contributed by atoms with van der Waals surface area (Å²) in [5.41, 5.74) is 0. The van der Waals surface area contributed by atoms with Crippen LogP contribution in [0.1, 0.15) is 245 Å². The summed E-state index contributed by atoms with van der Waals surface area (Å²) in [6.07, 6.45) is 93.4. The molecule has 0 rings (SSSR count). The number of nitrogens with zero attached hydrogens (tertiary/aromatic N) is 1. The molecule has 9 nitrogen and oxygen atoms in total. The highest BCUT2D eigenvalue weighted by Crippen LogP contribution is 2.15. The van der Waals surface area contributed by atoms with Gasteiger partial charge in [-0.1, -0.05) is 262 Å². The first-order valence-electron chi connectivity index (χ1n) is 33.6. The van der Waals surface area contributed by atoms with Gasteiger partial charge in [0, 0.05) is 12.8 Å². The zero-order chi connectivity index (χ0) is 61.9. The number of ether oxygens (including phenoxy) is 4. The van der Waals surface area contributed by atoms with Crippen molar-refractivity contribution < 1.29 is 42.9 Å². The second-order valence-corrected chi connectivity index (χ2v) is 23.0. The zero-order valence-corrected chi connectivity index (χ0v) is 54.7. The molecule has 0 bridgehead atoms. The molecule has 0 radical (unpaired) electrons. The summed E-state index contributed by atoms with van der Waals surface area (Å²) < 4.78 is 22.9. The van der Waals surface area contributed by atoms with E-state index in [0.29, 0.717) is 17.4 Å². The normalized spacial score (nSPS) is 13.8. The lowest BCUT2D eigenvalue weighted by Crippen LogP contribution is -2.40. The van der Waals surface area contributed by atoms with Crippen molar-refractivity contribution in [2.75, 3.05) is 47.5 Å². The molecule has 0 saturated heterocycles. The minimum atomic E-state index is -1.52. The van der Waals surface area contributed by atoms with Crippen LogP contribution in [-0.2, 0) is 33.3 Å². The van der Waals surface area contributed by atoms with Crippen LogP contribution in [0.5, 0.6) is 0 Å². The third-order valence-corrected chi connectivity index (χ3v) is 13.8. The molecule has 0 aromatic rings. The summed E-state index contributed by atoms with van der Waals surface area (Å²) in [6.45, 7) is 4.70. The van der Waals surface area contributed by atoms with Gasteiger partial charge in [-0.2, -0.15) is 0 Å². The van der Waals surface area contributed by atoms with Crippen molar-refractivity contribution in [2.24, 2.45) is 0 Å². The molecule has 0 heterocycles. The van der Waals surface area contributed by atoms with E-state index in [-0.39, 0.29) is 38.6 Å². The molecule has 0 aromatic heterocycles. The second-order valence-electron chi connectivity index (χ2n) is 23.0. The van der Waals surface area contributed by atoms with Gasteiger partial charge in [-0.3, -0.25) is 9.59 Å². The number of hydrogen-bond acceptors (Lipinski definition) is 7. The number of esters is 2. The van der Waals surface area contributed by atoms with Gasteiger partial charge in [0.15, 0.2) is 6.10 Å². The van der Waals surface area contributed by atoms with Crippen LogP contribution in [0, 0.1) is 0 Å². The Hall–Kier alpha value is -5.09. The molecule has 0 aromatic carbocycles. The zero-order valence-electron chi connectivity index (χ0n) is 54.7. The Balaban J connectivity index is 4.17. The monoisotopic (exact) mass is 1180 g/mol. The molecule has 0 fully saturated rings. The number of aliphatic carboxylic acids is 1. The van der Waals surface area contributed by atoms with Crippen LogP contribution in [0.4, 0.5) is 0 Å². The molecule has 2 unspecified atom stereocenters. The topological polar surface area (TPSA) is 108 Å². The first-order valence-corrected chi connectivity index (χ1v) is 33.6.